The molecular weight excluding hydrogens is 259 g/mol. The van der Waals surface area contributed by atoms with Crippen molar-refractivity contribution in [1.29, 1.82) is 0 Å². The summed E-state index contributed by atoms with van der Waals surface area (Å²) in [5.41, 5.74) is -1.69. The molecule has 1 rings (SSSR count). The highest BCUT2D eigenvalue weighted by molar-refractivity contribution is 7.90. The molecule has 1 aromatic heterocycles. The number of Topliss-reactive ketones (excluding diaryl/α,β-unsaturated/α-hetero) is 1. The highest BCUT2D eigenvalue weighted by Crippen LogP contribution is 2.30. The quantitative estimate of drug-likeness (QED) is 0.765. The fraction of sp³-hybridized carbons (Fsp3) is 0.333. The van der Waals surface area contributed by atoms with Crippen LogP contribution in [0.5, 0.6) is 0 Å². The van der Waals surface area contributed by atoms with Crippen molar-refractivity contribution in [3.05, 3.63) is 23.5 Å². The Morgan fingerprint density at radius 1 is 1.35 bits per heavy atom. The van der Waals surface area contributed by atoms with Crippen LogP contribution in [-0.4, -0.2) is 25.4 Å². The summed E-state index contributed by atoms with van der Waals surface area (Å²) < 4.78 is 59.7. The maximum absolute atomic E-state index is 12.4. The first-order valence-corrected chi connectivity index (χ1v) is 6.21. The molecule has 0 spiro atoms. The molecule has 0 atom stereocenters. The minimum absolute atomic E-state index is 0.416. The fourth-order valence-electron chi connectivity index (χ4n) is 1.15. The van der Waals surface area contributed by atoms with Crippen molar-refractivity contribution in [1.82, 2.24) is 4.98 Å². The van der Waals surface area contributed by atoms with Gasteiger partial charge in [-0.1, -0.05) is 0 Å². The molecule has 0 aliphatic heterocycles. The standard InChI is InChI=1S/C9H8F3NO3S/c1-5(14)8-7(17(2,15)16)3-6(4-13-8)9(10,11)12/h3-4H,1-2H3. The second-order valence-electron chi connectivity index (χ2n) is 3.40. The van der Waals surface area contributed by atoms with Gasteiger partial charge in [0.1, 0.15) is 5.69 Å². The number of pyridine rings is 1. The zero-order valence-electron chi connectivity index (χ0n) is 8.87. The lowest BCUT2D eigenvalue weighted by Crippen LogP contribution is -2.13. The Labute approximate surface area is 95.4 Å². The molecule has 94 valence electrons. The minimum atomic E-state index is -4.71. The van der Waals surface area contributed by atoms with Crippen molar-refractivity contribution in [2.24, 2.45) is 0 Å². The summed E-state index contributed by atoms with van der Waals surface area (Å²) in [6.07, 6.45) is -3.55. The van der Waals surface area contributed by atoms with E-state index in [9.17, 15) is 26.4 Å². The van der Waals surface area contributed by atoms with Crippen LogP contribution in [0.1, 0.15) is 23.0 Å². The highest BCUT2D eigenvalue weighted by Gasteiger charge is 2.33. The van der Waals surface area contributed by atoms with Gasteiger partial charge in [-0.15, -0.1) is 0 Å². The van der Waals surface area contributed by atoms with Crippen LogP contribution in [0.15, 0.2) is 17.2 Å². The third-order valence-electron chi connectivity index (χ3n) is 1.91. The molecule has 0 saturated carbocycles. The average Bonchev–Trinajstić information content (AvgIpc) is 2.14. The Hall–Kier alpha value is -1.44. The molecule has 1 heterocycles. The number of hydrogen-bond donors (Lipinski definition) is 0. The Morgan fingerprint density at radius 2 is 1.88 bits per heavy atom. The number of hydrogen-bond acceptors (Lipinski definition) is 4. The highest BCUT2D eigenvalue weighted by atomic mass is 32.2. The second kappa shape index (κ2) is 4.10. The smallest absolute Gasteiger partial charge is 0.293 e. The summed E-state index contributed by atoms with van der Waals surface area (Å²) >= 11 is 0. The number of rotatable bonds is 2. The van der Waals surface area contributed by atoms with Crippen molar-refractivity contribution in [3.8, 4) is 0 Å². The van der Waals surface area contributed by atoms with Crippen LogP contribution in [0.25, 0.3) is 0 Å². The van der Waals surface area contributed by atoms with Gasteiger partial charge in [-0.2, -0.15) is 13.2 Å². The Balaban J connectivity index is 3.57. The lowest BCUT2D eigenvalue weighted by Gasteiger charge is -2.09. The number of alkyl halides is 3. The van der Waals surface area contributed by atoms with E-state index in [4.69, 9.17) is 0 Å². The largest absolute Gasteiger partial charge is 0.417 e. The molecule has 17 heavy (non-hydrogen) atoms. The van der Waals surface area contributed by atoms with Crippen molar-refractivity contribution in [2.75, 3.05) is 6.26 Å². The van der Waals surface area contributed by atoms with Crippen LogP contribution in [-0.2, 0) is 16.0 Å². The molecule has 0 amide bonds. The molecule has 8 heteroatoms. The Bertz CT molecular complexity index is 563. The zero-order valence-corrected chi connectivity index (χ0v) is 9.69. The van der Waals surface area contributed by atoms with Crippen LogP contribution >= 0.6 is 0 Å². The van der Waals surface area contributed by atoms with Crippen LogP contribution in [0, 0.1) is 0 Å². The number of nitrogens with zero attached hydrogens (tertiary/aromatic N) is 1. The van der Waals surface area contributed by atoms with Gasteiger partial charge in [0.15, 0.2) is 15.6 Å². The van der Waals surface area contributed by atoms with Gasteiger partial charge in [0.25, 0.3) is 0 Å². The summed E-state index contributed by atoms with van der Waals surface area (Å²) in [5, 5.41) is 0. The number of aromatic nitrogens is 1. The lowest BCUT2D eigenvalue weighted by molar-refractivity contribution is -0.138. The van der Waals surface area contributed by atoms with Crippen LogP contribution < -0.4 is 0 Å². The molecule has 1 aromatic rings. The monoisotopic (exact) mass is 267 g/mol. The third kappa shape index (κ3) is 3.02. The molecule has 0 aliphatic rings. The maximum atomic E-state index is 12.4. The van der Waals surface area contributed by atoms with E-state index in [0.717, 1.165) is 13.2 Å². The molecule has 0 unspecified atom stereocenters. The Morgan fingerprint density at radius 3 is 2.24 bits per heavy atom. The first kappa shape index (κ1) is 13.6. The summed E-state index contributed by atoms with van der Waals surface area (Å²) in [7, 11) is -3.94. The van der Waals surface area contributed by atoms with Gasteiger partial charge in [-0.05, 0) is 6.07 Å². The molecule has 4 nitrogen and oxygen atoms in total. The number of halogens is 3. The van der Waals surface area contributed by atoms with Gasteiger partial charge >= 0.3 is 6.18 Å². The predicted molar refractivity (Wildman–Crippen MR) is 52.4 cm³/mol. The molecular formula is C9H8F3NO3S. The number of carbonyl (C=O) groups is 1. The zero-order chi connectivity index (χ0) is 13.4. The van der Waals surface area contributed by atoms with E-state index in [1.165, 1.54) is 0 Å². The molecule has 0 saturated heterocycles. The lowest BCUT2D eigenvalue weighted by atomic mass is 10.2. The minimum Gasteiger partial charge on any atom is -0.293 e. The summed E-state index contributed by atoms with van der Waals surface area (Å²) in [6, 6.07) is 0.416. The van der Waals surface area contributed by atoms with E-state index >= 15 is 0 Å². The normalized spacial score (nSPS) is 12.5. The van der Waals surface area contributed by atoms with Crippen molar-refractivity contribution >= 4 is 15.6 Å². The van der Waals surface area contributed by atoms with E-state index in [-0.39, 0.29) is 0 Å². The van der Waals surface area contributed by atoms with Gasteiger partial charge < -0.3 is 0 Å². The molecule has 0 bridgehead atoms. The molecule has 0 aliphatic carbocycles. The van der Waals surface area contributed by atoms with Gasteiger partial charge in [-0.25, -0.2) is 8.42 Å². The first-order valence-electron chi connectivity index (χ1n) is 4.31. The Kier molecular flexibility index (Phi) is 3.28. The molecule has 0 aromatic carbocycles. The summed E-state index contributed by atoms with van der Waals surface area (Å²) in [5.74, 6) is -0.709. The van der Waals surface area contributed by atoms with Gasteiger partial charge in [0, 0.05) is 19.4 Å². The van der Waals surface area contributed by atoms with Crippen molar-refractivity contribution in [3.63, 3.8) is 0 Å². The van der Waals surface area contributed by atoms with E-state index in [1.807, 2.05) is 0 Å². The second-order valence-corrected chi connectivity index (χ2v) is 5.38. The third-order valence-corrected chi connectivity index (χ3v) is 3.02. The summed E-state index contributed by atoms with van der Waals surface area (Å²) in [4.78, 5) is 13.6. The van der Waals surface area contributed by atoms with Crippen LogP contribution in [0.2, 0.25) is 0 Å². The number of carbonyl (C=O) groups excluding carboxylic acids is 1. The molecule has 0 fully saturated rings. The van der Waals surface area contributed by atoms with E-state index in [1.54, 1.807) is 0 Å². The van der Waals surface area contributed by atoms with Crippen molar-refractivity contribution in [2.45, 2.75) is 18.0 Å². The van der Waals surface area contributed by atoms with Crippen LogP contribution in [0.3, 0.4) is 0 Å². The first-order chi connectivity index (χ1) is 7.53. The van der Waals surface area contributed by atoms with Gasteiger partial charge in [0.2, 0.25) is 0 Å². The predicted octanol–water partition coefficient (Wildman–Crippen LogP) is 1.71. The SMILES string of the molecule is CC(=O)c1ncc(C(F)(F)F)cc1S(C)(=O)=O. The van der Waals surface area contributed by atoms with Gasteiger partial charge in [-0.3, -0.25) is 9.78 Å². The van der Waals surface area contributed by atoms with E-state index in [2.05, 4.69) is 4.98 Å². The van der Waals surface area contributed by atoms with Crippen molar-refractivity contribution < 1.29 is 26.4 Å². The van der Waals surface area contributed by atoms with Gasteiger partial charge in [0.05, 0.1) is 10.5 Å². The molecule has 0 radical (unpaired) electrons. The van der Waals surface area contributed by atoms with Crippen LogP contribution in [0.4, 0.5) is 13.2 Å². The average molecular weight is 267 g/mol. The van der Waals surface area contributed by atoms with E-state index < -0.39 is 37.9 Å². The number of ketones is 1. The number of sulfone groups is 1. The molecule has 0 N–H and O–H groups in total. The topological polar surface area (TPSA) is 64.1 Å². The fourth-order valence-corrected chi connectivity index (χ4v) is 2.04. The summed E-state index contributed by atoms with van der Waals surface area (Å²) in [6.45, 7) is 1.03. The van der Waals surface area contributed by atoms with E-state index in [0.29, 0.717) is 12.3 Å². The maximum Gasteiger partial charge on any atom is 0.417 e.